The molecule has 0 unspecified atom stereocenters. The van der Waals surface area contributed by atoms with Gasteiger partial charge in [0.25, 0.3) is 0 Å². The SMILES string of the molecule is C=C(C)Cc1ccc(-c2cnco2)cc1. The highest BCUT2D eigenvalue weighted by Gasteiger charge is 2.00. The maximum Gasteiger partial charge on any atom is 0.181 e. The predicted octanol–water partition coefficient (Wildman–Crippen LogP) is 3.46. The minimum absolute atomic E-state index is 0.803. The fourth-order valence-electron chi connectivity index (χ4n) is 1.49. The molecule has 2 heteroatoms. The van der Waals surface area contributed by atoms with Gasteiger partial charge in [-0.05, 0) is 18.9 Å². The lowest BCUT2D eigenvalue weighted by atomic mass is 10.1. The van der Waals surface area contributed by atoms with Crippen molar-refractivity contribution in [2.24, 2.45) is 0 Å². The third kappa shape index (κ3) is 2.34. The number of hydrogen-bond donors (Lipinski definition) is 0. The van der Waals surface area contributed by atoms with Gasteiger partial charge in [-0.1, -0.05) is 36.4 Å². The van der Waals surface area contributed by atoms with Gasteiger partial charge in [0.05, 0.1) is 6.20 Å². The molecule has 76 valence electrons. The lowest BCUT2D eigenvalue weighted by Crippen LogP contribution is -1.85. The molecule has 2 rings (SSSR count). The van der Waals surface area contributed by atoms with Crippen molar-refractivity contribution in [2.45, 2.75) is 13.3 Å². The second kappa shape index (κ2) is 4.13. The molecule has 0 aliphatic rings. The highest BCUT2D eigenvalue weighted by atomic mass is 16.3. The standard InChI is InChI=1S/C13H13NO/c1-10(2)7-11-3-5-12(6-4-11)13-8-14-9-15-13/h3-6,8-9H,1,7H2,2H3. The lowest BCUT2D eigenvalue weighted by Gasteiger charge is -2.01. The topological polar surface area (TPSA) is 26.0 Å². The van der Waals surface area contributed by atoms with E-state index < -0.39 is 0 Å². The van der Waals surface area contributed by atoms with Crippen LogP contribution in [-0.2, 0) is 6.42 Å². The summed E-state index contributed by atoms with van der Waals surface area (Å²) in [5.41, 5.74) is 3.49. The number of rotatable bonds is 3. The molecule has 0 amide bonds. The van der Waals surface area contributed by atoms with Gasteiger partial charge in [-0.2, -0.15) is 0 Å². The Morgan fingerprint density at radius 1 is 1.33 bits per heavy atom. The van der Waals surface area contributed by atoms with Gasteiger partial charge in [0.1, 0.15) is 0 Å². The Hall–Kier alpha value is -1.83. The molecular weight excluding hydrogens is 186 g/mol. The van der Waals surface area contributed by atoms with E-state index in [4.69, 9.17) is 4.42 Å². The molecule has 0 spiro atoms. The maximum absolute atomic E-state index is 5.21. The van der Waals surface area contributed by atoms with Crippen LogP contribution in [-0.4, -0.2) is 4.98 Å². The second-order valence-electron chi connectivity index (χ2n) is 3.70. The maximum atomic E-state index is 5.21. The largest absolute Gasteiger partial charge is 0.444 e. The molecule has 1 aromatic carbocycles. The molecule has 0 radical (unpaired) electrons. The average molecular weight is 199 g/mol. The van der Waals surface area contributed by atoms with Gasteiger partial charge in [-0.15, -0.1) is 0 Å². The molecular formula is C13H13NO. The smallest absolute Gasteiger partial charge is 0.181 e. The van der Waals surface area contributed by atoms with Crippen molar-refractivity contribution >= 4 is 0 Å². The van der Waals surface area contributed by atoms with Crippen LogP contribution in [0.3, 0.4) is 0 Å². The Labute approximate surface area is 89.3 Å². The zero-order chi connectivity index (χ0) is 10.7. The molecule has 1 heterocycles. The summed E-state index contributed by atoms with van der Waals surface area (Å²) in [7, 11) is 0. The van der Waals surface area contributed by atoms with Crippen molar-refractivity contribution in [2.75, 3.05) is 0 Å². The van der Waals surface area contributed by atoms with E-state index in [9.17, 15) is 0 Å². The minimum atomic E-state index is 0.803. The first-order valence-electron chi connectivity index (χ1n) is 4.88. The summed E-state index contributed by atoms with van der Waals surface area (Å²) >= 11 is 0. The zero-order valence-corrected chi connectivity index (χ0v) is 8.73. The predicted molar refractivity (Wildman–Crippen MR) is 60.5 cm³/mol. The highest BCUT2D eigenvalue weighted by molar-refractivity contribution is 5.56. The summed E-state index contributed by atoms with van der Waals surface area (Å²) in [4.78, 5) is 3.89. The van der Waals surface area contributed by atoms with Crippen molar-refractivity contribution in [3.63, 3.8) is 0 Å². The van der Waals surface area contributed by atoms with Crippen LogP contribution >= 0.6 is 0 Å². The van der Waals surface area contributed by atoms with Crippen LogP contribution < -0.4 is 0 Å². The molecule has 1 aromatic heterocycles. The van der Waals surface area contributed by atoms with Crippen molar-refractivity contribution in [1.29, 1.82) is 0 Å². The molecule has 2 aromatic rings. The number of oxazole rings is 1. The second-order valence-corrected chi connectivity index (χ2v) is 3.70. The molecule has 15 heavy (non-hydrogen) atoms. The fourth-order valence-corrected chi connectivity index (χ4v) is 1.49. The molecule has 0 saturated carbocycles. The molecule has 0 fully saturated rings. The van der Waals surface area contributed by atoms with Crippen LogP contribution in [0.1, 0.15) is 12.5 Å². The normalized spacial score (nSPS) is 10.2. The number of nitrogens with zero attached hydrogens (tertiary/aromatic N) is 1. The van der Waals surface area contributed by atoms with Crippen molar-refractivity contribution in [3.05, 3.63) is 54.6 Å². The molecule has 2 nitrogen and oxygen atoms in total. The van der Waals surface area contributed by atoms with Gasteiger partial charge in [0, 0.05) is 5.56 Å². The summed E-state index contributed by atoms with van der Waals surface area (Å²) in [6, 6.07) is 8.26. The molecule has 0 aliphatic heterocycles. The lowest BCUT2D eigenvalue weighted by molar-refractivity contribution is 0.572. The van der Waals surface area contributed by atoms with Crippen molar-refractivity contribution in [3.8, 4) is 11.3 Å². The van der Waals surface area contributed by atoms with Crippen LogP contribution in [0.25, 0.3) is 11.3 Å². The summed E-state index contributed by atoms with van der Waals surface area (Å²) in [6.07, 6.45) is 4.08. The summed E-state index contributed by atoms with van der Waals surface area (Å²) < 4.78 is 5.21. The van der Waals surface area contributed by atoms with Gasteiger partial charge in [0.15, 0.2) is 12.2 Å². The Kier molecular flexibility index (Phi) is 2.68. The Morgan fingerprint density at radius 2 is 2.07 bits per heavy atom. The quantitative estimate of drug-likeness (QED) is 0.707. The summed E-state index contributed by atoms with van der Waals surface area (Å²) in [5.74, 6) is 0.803. The van der Waals surface area contributed by atoms with E-state index in [0.29, 0.717) is 0 Å². The molecule has 0 saturated heterocycles. The summed E-state index contributed by atoms with van der Waals surface area (Å²) in [5, 5.41) is 0. The average Bonchev–Trinajstić information content (AvgIpc) is 2.71. The number of hydrogen-bond acceptors (Lipinski definition) is 2. The third-order valence-electron chi connectivity index (χ3n) is 2.18. The van der Waals surface area contributed by atoms with E-state index in [1.54, 1.807) is 6.20 Å². The first-order valence-corrected chi connectivity index (χ1v) is 4.88. The molecule has 0 N–H and O–H groups in total. The molecule has 0 aliphatic carbocycles. The Morgan fingerprint density at radius 3 is 2.60 bits per heavy atom. The molecule has 0 atom stereocenters. The van der Waals surface area contributed by atoms with E-state index in [1.807, 2.05) is 19.1 Å². The first-order chi connectivity index (χ1) is 7.25. The van der Waals surface area contributed by atoms with Crippen LogP contribution in [0.2, 0.25) is 0 Å². The Bertz CT molecular complexity index is 440. The minimum Gasteiger partial charge on any atom is -0.444 e. The van der Waals surface area contributed by atoms with Gasteiger partial charge in [0.2, 0.25) is 0 Å². The zero-order valence-electron chi connectivity index (χ0n) is 8.73. The molecule has 0 bridgehead atoms. The monoisotopic (exact) mass is 199 g/mol. The Balaban J connectivity index is 2.21. The van der Waals surface area contributed by atoms with E-state index >= 15 is 0 Å². The van der Waals surface area contributed by atoms with Crippen LogP contribution in [0, 0.1) is 0 Å². The van der Waals surface area contributed by atoms with E-state index in [-0.39, 0.29) is 0 Å². The third-order valence-corrected chi connectivity index (χ3v) is 2.18. The number of benzene rings is 1. The highest BCUT2D eigenvalue weighted by Crippen LogP contribution is 2.19. The fraction of sp³-hybridized carbons (Fsp3) is 0.154. The summed E-state index contributed by atoms with van der Waals surface area (Å²) in [6.45, 7) is 5.93. The van der Waals surface area contributed by atoms with Crippen LogP contribution in [0.5, 0.6) is 0 Å². The van der Waals surface area contributed by atoms with Gasteiger partial charge in [-0.3, -0.25) is 0 Å². The van der Waals surface area contributed by atoms with E-state index in [0.717, 1.165) is 17.7 Å². The number of allylic oxidation sites excluding steroid dienone is 1. The number of aromatic nitrogens is 1. The first kappa shape index (κ1) is 9.71. The van der Waals surface area contributed by atoms with Gasteiger partial charge in [-0.25, -0.2) is 4.98 Å². The van der Waals surface area contributed by atoms with Gasteiger partial charge < -0.3 is 4.42 Å². The van der Waals surface area contributed by atoms with Crippen LogP contribution in [0.15, 0.2) is 53.4 Å². The van der Waals surface area contributed by atoms with Crippen LogP contribution in [0.4, 0.5) is 0 Å². The van der Waals surface area contributed by atoms with E-state index in [1.165, 1.54) is 17.5 Å². The van der Waals surface area contributed by atoms with E-state index in [2.05, 4.69) is 23.7 Å². The van der Waals surface area contributed by atoms with Gasteiger partial charge >= 0.3 is 0 Å². The van der Waals surface area contributed by atoms with Crippen molar-refractivity contribution in [1.82, 2.24) is 4.98 Å². The van der Waals surface area contributed by atoms with Crippen molar-refractivity contribution < 1.29 is 4.42 Å².